The molecule has 0 atom stereocenters. The summed E-state index contributed by atoms with van der Waals surface area (Å²) in [6, 6.07) is 6.57. The summed E-state index contributed by atoms with van der Waals surface area (Å²) in [4.78, 5) is 4.16. The van der Waals surface area contributed by atoms with Gasteiger partial charge in [0.2, 0.25) is 16.4 Å². The molecular weight excluding hydrogens is 280 g/mol. The Bertz CT molecular complexity index is 623. The first-order valence-corrected chi connectivity index (χ1v) is 7.69. The van der Waals surface area contributed by atoms with Gasteiger partial charge in [-0.05, 0) is 24.3 Å². The van der Waals surface area contributed by atoms with Crippen molar-refractivity contribution in [2.24, 2.45) is 0 Å². The van der Waals surface area contributed by atoms with Crippen LogP contribution in [0.5, 0.6) is 0 Å². The summed E-state index contributed by atoms with van der Waals surface area (Å²) in [5.41, 5.74) is 0.837. The molecule has 8 heteroatoms. The van der Waals surface area contributed by atoms with E-state index in [-0.39, 0.29) is 4.90 Å². The van der Waals surface area contributed by atoms with Crippen molar-refractivity contribution in [2.75, 3.05) is 18.4 Å². The third-order valence-corrected chi connectivity index (χ3v) is 4.15. The van der Waals surface area contributed by atoms with Crippen molar-refractivity contribution in [1.82, 2.24) is 14.9 Å². The average Bonchev–Trinajstić information content (AvgIpc) is 2.92. The van der Waals surface area contributed by atoms with E-state index < -0.39 is 10.0 Å². The number of nitrogens with one attached hydrogen (secondary N) is 2. The summed E-state index contributed by atoms with van der Waals surface area (Å²) < 4.78 is 30.6. The maximum atomic E-state index is 11.8. The van der Waals surface area contributed by atoms with Crippen LogP contribution < -0.4 is 10.0 Å². The van der Waals surface area contributed by atoms with Crippen molar-refractivity contribution in [3.05, 3.63) is 36.5 Å². The molecule has 0 aliphatic heterocycles. The van der Waals surface area contributed by atoms with Crippen LogP contribution in [-0.4, -0.2) is 31.6 Å². The summed E-state index contributed by atoms with van der Waals surface area (Å²) in [5.74, 6) is 0.629. The van der Waals surface area contributed by atoms with Gasteiger partial charge in [-0.3, -0.25) is 0 Å². The van der Waals surface area contributed by atoms with E-state index in [0.29, 0.717) is 25.3 Å². The van der Waals surface area contributed by atoms with E-state index in [4.69, 9.17) is 0 Å². The van der Waals surface area contributed by atoms with Crippen LogP contribution in [0.15, 0.2) is 40.1 Å². The Balaban J connectivity index is 1.91. The first-order chi connectivity index (χ1) is 9.62. The summed E-state index contributed by atoms with van der Waals surface area (Å²) in [7, 11) is -3.39. The number of anilines is 1. The zero-order chi connectivity index (χ0) is 14.4. The highest BCUT2D eigenvalue weighted by Crippen LogP contribution is 2.13. The normalized spacial score (nSPS) is 11.4. The van der Waals surface area contributed by atoms with Gasteiger partial charge in [0.15, 0.2) is 5.82 Å². The molecule has 0 radical (unpaired) electrons. The number of nitrogens with zero attached hydrogens (tertiary/aromatic N) is 2. The van der Waals surface area contributed by atoms with E-state index in [0.717, 1.165) is 5.69 Å². The van der Waals surface area contributed by atoms with Gasteiger partial charge in [0.25, 0.3) is 0 Å². The van der Waals surface area contributed by atoms with Crippen molar-refractivity contribution >= 4 is 15.7 Å². The molecule has 1 heterocycles. The number of rotatable bonds is 7. The molecule has 0 aliphatic carbocycles. The predicted octanol–water partition coefficient (Wildman–Crippen LogP) is 1.02. The van der Waals surface area contributed by atoms with Crippen LogP contribution in [0.4, 0.5) is 5.69 Å². The molecule has 0 unspecified atom stereocenters. The molecule has 0 saturated heterocycles. The van der Waals surface area contributed by atoms with Crippen LogP contribution >= 0.6 is 0 Å². The highest BCUT2D eigenvalue weighted by molar-refractivity contribution is 7.89. The smallest absolute Gasteiger partial charge is 0.240 e. The van der Waals surface area contributed by atoms with Gasteiger partial charge in [-0.2, -0.15) is 4.98 Å². The lowest BCUT2D eigenvalue weighted by molar-refractivity contribution is 0.410. The zero-order valence-corrected chi connectivity index (χ0v) is 11.9. The number of hydrogen-bond acceptors (Lipinski definition) is 6. The standard InChI is InChI=1S/C12H16N4O3S/c1-2-15-20(17,18)11-5-3-10(4-6-11)13-8-7-12-14-9-19-16-12/h3-6,9,13,15H,2,7-8H2,1H3. The summed E-state index contributed by atoms with van der Waals surface area (Å²) >= 11 is 0. The van der Waals surface area contributed by atoms with Crippen molar-refractivity contribution in [3.8, 4) is 0 Å². The van der Waals surface area contributed by atoms with Crippen molar-refractivity contribution in [1.29, 1.82) is 0 Å². The van der Waals surface area contributed by atoms with Gasteiger partial charge in [-0.25, -0.2) is 13.1 Å². The second-order valence-electron chi connectivity index (χ2n) is 4.05. The van der Waals surface area contributed by atoms with E-state index in [1.54, 1.807) is 31.2 Å². The number of sulfonamides is 1. The topological polar surface area (TPSA) is 97.1 Å². The van der Waals surface area contributed by atoms with Crippen LogP contribution in [-0.2, 0) is 16.4 Å². The van der Waals surface area contributed by atoms with E-state index in [9.17, 15) is 8.42 Å². The first kappa shape index (κ1) is 14.5. The number of hydrogen-bond donors (Lipinski definition) is 2. The van der Waals surface area contributed by atoms with E-state index in [1.807, 2.05) is 0 Å². The zero-order valence-electron chi connectivity index (χ0n) is 11.0. The molecule has 2 N–H and O–H groups in total. The highest BCUT2D eigenvalue weighted by atomic mass is 32.2. The van der Waals surface area contributed by atoms with E-state index in [2.05, 4.69) is 24.7 Å². The van der Waals surface area contributed by atoms with Crippen LogP contribution in [0.3, 0.4) is 0 Å². The van der Waals surface area contributed by atoms with Gasteiger partial charge >= 0.3 is 0 Å². The second kappa shape index (κ2) is 6.49. The number of benzene rings is 1. The number of aromatic nitrogens is 2. The maximum Gasteiger partial charge on any atom is 0.240 e. The Morgan fingerprint density at radius 2 is 2.00 bits per heavy atom. The monoisotopic (exact) mass is 296 g/mol. The minimum atomic E-state index is -3.39. The Hall–Kier alpha value is -1.93. The van der Waals surface area contributed by atoms with Gasteiger partial charge < -0.3 is 9.84 Å². The molecule has 108 valence electrons. The lowest BCUT2D eigenvalue weighted by atomic mass is 10.3. The third kappa shape index (κ3) is 3.78. The fraction of sp³-hybridized carbons (Fsp3) is 0.333. The molecule has 2 rings (SSSR count). The third-order valence-electron chi connectivity index (χ3n) is 2.58. The van der Waals surface area contributed by atoms with Crippen LogP contribution in [0.25, 0.3) is 0 Å². The molecule has 1 aromatic heterocycles. The minimum absolute atomic E-state index is 0.253. The largest absolute Gasteiger partial charge is 0.385 e. The van der Waals surface area contributed by atoms with Crippen LogP contribution in [0.2, 0.25) is 0 Å². The summed E-state index contributed by atoms with van der Waals surface area (Å²) in [5, 5.41) is 6.86. The van der Waals surface area contributed by atoms with Gasteiger partial charge in [0.1, 0.15) is 0 Å². The van der Waals surface area contributed by atoms with E-state index in [1.165, 1.54) is 6.39 Å². The molecule has 7 nitrogen and oxygen atoms in total. The molecule has 20 heavy (non-hydrogen) atoms. The Kier molecular flexibility index (Phi) is 4.70. The minimum Gasteiger partial charge on any atom is -0.385 e. The van der Waals surface area contributed by atoms with Gasteiger partial charge in [-0.1, -0.05) is 12.1 Å². The fourth-order valence-electron chi connectivity index (χ4n) is 1.65. The van der Waals surface area contributed by atoms with Gasteiger partial charge in [0.05, 0.1) is 4.90 Å². The average molecular weight is 296 g/mol. The Morgan fingerprint density at radius 3 is 2.60 bits per heavy atom. The highest BCUT2D eigenvalue weighted by Gasteiger charge is 2.11. The quantitative estimate of drug-likeness (QED) is 0.792. The van der Waals surface area contributed by atoms with Gasteiger partial charge in [-0.15, -0.1) is 0 Å². The molecule has 0 amide bonds. The first-order valence-electron chi connectivity index (χ1n) is 6.20. The molecule has 0 saturated carbocycles. The molecule has 0 bridgehead atoms. The summed E-state index contributed by atoms with van der Waals surface area (Å²) in [6.07, 6.45) is 1.92. The second-order valence-corrected chi connectivity index (χ2v) is 5.82. The Morgan fingerprint density at radius 1 is 1.25 bits per heavy atom. The van der Waals surface area contributed by atoms with E-state index >= 15 is 0 Å². The van der Waals surface area contributed by atoms with Crippen LogP contribution in [0.1, 0.15) is 12.7 Å². The fourth-order valence-corrected chi connectivity index (χ4v) is 2.69. The lowest BCUT2D eigenvalue weighted by Crippen LogP contribution is -2.23. The van der Waals surface area contributed by atoms with Crippen molar-refractivity contribution in [3.63, 3.8) is 0 Å². The summed E-state index contributed by atoms with van der Waals surface area (Å²) in [6.45, 7) is 2.75. The lowest BCUT2D eigenvalue weighted by Gasteiger charge is -2.07. The molecular formula is C12H16N4O3S. The molecule has 2 aromatic rings. The van der Waals surface area contributed by atoms with Crippen molar-refractivity contribution in [2.45, 2.75) is 18.2 Å². The maximum absolute atomic E-state index is 11.8. The predicted molar refractivity (Wildman–Crippen MR) is 73.8 cm³/mol. The molecule has 0 fully saturated rings. The molecule has 0 aliphatic rings. The SMILES string of the molecule is CCNS(=O)(=O)c1ccc(NCCc2ncon2)cc1. The van der Waals surface area contributed by atoms with Crippen molar-refractivity contribution < 1.29 is 12.9 Å². The van der Waals surface area contributed by atoms with Gasteiger partial charge in [0, 0.05) is 25.2 Å². The van der Waals surface area contributed by atoms with Crippen LogP contribution in [0, 0.1) is 0 Å². The molecule has 0 spiro atoms. The molecule has 1 aromatic carbocycles. The Labute approximate surface area is 117 Å².